The lowest BCUT2D eigenvalue weighted by Gasteiger charge is -2.06. The van der Waals surface area contributed by atoms with Crippen LogP contribution in [0.2, 0.25) is 0 Å². The first-order chi connectivity index (χ1) is 10.2. The Morgan fingerprint density at radius 3 is 2.86 bits per heavy atom. The van der Waals surface area contributed by atoms with E-state index in [0.717, 1.165) is 22.2 Å². The van der Waals surface area contributed by atoms with Crippen molar-refractivity contribution in [2.24, 2.45) is 0 Å². The van der Waals surface area contributed by atoms with Gasteiger partial charge in [-0.25, -0.2) is 0 Å². The first-order valence-electron chi connectivity index (χ1n) is 6.92. The summed E-state index contributed by atoms with van der Waals surface area (Å²) in [6.07, 6.45) is 3.47. The van der Waals surface area contributed by atoms with Crippen molar-refractivity contribution in [3.63, 3.8) is 0 Å². The smallest absolute Gasteiger partial charge is 0.253 e. The van der Waals surface area contributed by atoms with Gasteiger partial charge in [-0.2, -0.15) is 0 Å². The van der Waals surface area contributed by atoms with Gasteiger partial charge in [-0.3, -0.25) is 9.78 Å². The number of rotatable bonds is 3. The molecule has 0 saturated carbocycles. The zero-order valence-corrected chi connectivity index (χ0v) is 12.1. The number of carbonyl (C=O) groups excluding carboxylic acids is 1. The Morgan fingerprint density at radius 1 is 1.24 bits per heavy atom. The Hall–Kier alpha value is -2.62. The van der Waals surface area contributed by atoms with Gasteiger partial charge >= 0.3 is 0 Å². The zero-order chi connectivity index (χ0) is 14.8. The maximum Gasteiger partial charge on any atom is 0.253 e. The lowest BCUT2D eigenvalue weighted by molar-refractivity contribution is 0.0952. The number of hydrogen-bond donors (Lipinski definition) is 2. The molecule has 3 aromatic rings. The molecule has 0 atom stereocenters. The highest BCUT2D eigenvalue weighted by Gasteiger charge is 2.13. The van der Waals surface area contributed by atoms with Crippen molar-refractivity contribution in [3.05, 3.63) is 65.1 Å². The molecule has 0 aliphatic rings. The van der Waals surface area contributed by atoms with E-state index in [4.69, 9.17) is 0 Å². The normalized spacial score (nSPS) is 10.8. The predicted molar refractivity (Wildman–Crippen MR) is 83.2 cm³/mol. The summed E-state index contributed by atoms with van der Waals surface area (Å²) in [5, 5.41) is 4.04. The van der Waals surface area contributed by atoms with Crippen LogP contribution in [0, 0.1) is 13.8 Å². The van der Waals surface area contributed by atoms with Gasteiger partial charge in [0.2, 0.25) is 0 Å². The van der Waals surface area contributed by atoms with Crippen LogP contribution in [0.4, 0.5) is 0 Å². The van der Waals surface area contributed by atoms with Gasteiger partial charge in [0.1, 0.15) is 0 Å². The average Bonchev–Trinajstić information content (AvgIpc) is 2.81. The summed E-state index contributed by atoms with van der Waals surface area (Å²) in [7, 11) is 0. The summed E-state index contributed by atoms with van der Waals surface area (Å²) < 4.78 is 0. The number of fused-ring (bicyclic) bond motifs is 1. The zero-order valence-electron chi connectivity index (χ0n) is 12.1. The van der Waals surface area contributed by atoms with Crippen LogP contribution in [-0.4, -0.2) is 15.9 Å². The summed E-state index contributed by atoms with van der Waals surface area (Å²) in [5.74, 6) is -0.0781. The first-order valence-corrected chi connectivity index (χ1v) is 6.92. The third-order valence-electron chi connectivity index (χ3n) is 3.76. The van der Waals surface area contributed by atoms with Gasteiger partial charge in [-0.15, -0.1) is 0 Å². The van der Waals surface area contributed by atoms with Gasteiger partial charge in [0, 0.05) is 30.0 Å². The minimum Gasteiger partial charge on any atom is -0.358 e. The van der Waals surface area contributed by atoms with E-state index in [1.807, 2.05) is 37.3 Å². The summed E-state index contributed by atoms with van der Waals surface area (Å²) in [5.41, 5.74) is 4.84. The van der Waals surface area contributed by atoms with Gasteiger partial charge in [0.05, 0.1) is 11.1 Å². The number of aryl methyl sites for hydroxylation is 2. The van der Waals surface area contributed by atoms with Gasteiger partial charge in [0.15, 0.2) is 0 Å². The number of benzene rings is 1. The van der Waals surface area contributed by atoms with Gasteiger partial charge < -0.3 is 10.3 Å². The number of nitrogens with one attached hydrogen (secondary N) is 2. The van der Waals surface area contributed by atoms with Crippen LogP contribution in [0.25, 0.3) is 10.9 Å². The maximum absolute atomic E-state index is 12.4. The van der Waals surface area contributed by atoms with Crippen LogP contribution < -0.4 is 5.32 Å². The quantitative estimate of drug-likeness (QED) is 0.774. The molecule has 1 aromatic carbocycles. The molecule has 0 fully saturated rings. The van der Waals surface area contributed by atoms with Crippen molar-refractivity contribution in [1.29, 1.82) is 0 Å². The monoisotopic (exact) mass is 279 g/mol. The standard InChI is InChI=1S/C17H17N3O/c1-11-12(2)20-16-14(11)6-3-7-15(16)17(21)19-10-13-5-4-8-18-9-13/h3-9,20H,10H2,1-2H3,(H,19,21). The molecule has 0 unspecified atom stereocenters. The summed E-state index contributed by atoms with van der Waals surface area (Å²) in [4.78, 5) is 19.7. The molecule has 106 valence electrons. The molecule has 2 heterocycles. The molecule has 3 rings (SSSR count). The number of H-pyrrole nitrogens is 1. The Balaban J connectivity index is 1.86. The highest BCUT2D eigenvalue weighted by molar-refractivity contribution is 6.06. The van der Waals surface area contributed by atoms with E-state index in [1.165, 1.54) is 5.56 Å². The Bertz CT molecular complexity index is 790. The number of amides is 1. The second-order valence-electron chi connectivity index (χ2n) is 5.15. The number of aromatic nitrogens is 2. The SMILES string of the molecule is Cc1[nH]c2c(C(=O)NCc3cccnc3)cccc2c1C. The van der Waals surface area contributed by atoms with Crippen LogP contribution in [-0.2, 0) is 6.54 Å². The van der Waals surface area contributed by atoms with E-state index in [2.05, 4.69) is 22.2 Å². The van der Waals surface area contributed by atoms with E-state index in [-0.39, 0.29) is 5.91 Å². The average molecular weight is 279 g/mol. The maximum atomic E-state index is 12.4. The van der Waals surface area contributed by atoms with Gasteiger partial charge in [-0.1, -0.05) is 18.2 Å². The number of carbonyl (C=O) groups is 1. The van der Waals surface area contributed by atoms with Crippen molar-refractivity contribution in [1.82, 2.24) is 15.3 Å². The van der Waals surface area contributed by atoms with Crippen molar-refractivity contribution >= 4 is 16.8 Å². The molecule has 0 radical (unpaired) electrons. The van der Waals surface area contributed by atoms with E-state index in [1.54, 1.807) is 12.4 Å². The van der Waals surface area contributed by atoms with Crippen LogP contribution in [0.5, 0.6) is 0 Å². The molecule has 1 amide bonds. The highest BCUT2D eigenvalue weighted by atomic mass is 16.1. The lowest BCUT2D eigenvalue weighted by Crippen LogP contribution is -2.23. The molecule has 4 heteroatoms. The van der Waals surface area contributed by atoms with Crippen LogP contribution >= 0.6 is 0 Å². The van der Waals surface area contributed by atoms with Crippen LogP contribution in [0.15, 0.2) is 42.7 Å². The molecule has 0 saturated heterocycles. The van der Waals surface area contributed by atoms with Gasteiger partial charge in [0.25, 0.3) is 5.91 Å². The minimum atomic E-state index is -0.0781. The minimum absolute atomic E-state index is 0.0781. The number of hydrogen-bond acceptors (Lipinski definition) is 2. The van der Waals surface area contributed by atoms with E-state index in [0.29, 0.717) is 12.1 Å². The second kappa shape index (κ2) is 5.40. The van der Waals surface area contributed by atoms with Crippen molar-refractivity contribution in [2.45, 2.75) is 20.4 Å². The third-order valence-corrected chi connectivity index (χ3v) is 3.76. The molecule has 2 N–H and O–H groups in total. The Labute approximate surface area is 123 Å². The molecule has 0 aliphatic carbocycles. The number of nitrogens with zero attached hydrogens (tertiary/aromatic N) is 1. The summed E-state index contributed by atoms with van der Waals surface area (Å²) in [6.45, 7) is 4.56. The van der Waals surface area contributed by atoms with Crippen LogP contribution in [0.1, 0.15) is 27.2 Å². The van der Waals surface area contributed by atoms with E-state index >= 15 is 0 Å². The highest BCUT2D eigenvalue weighted by Crippen LogP contribution is 2.24. The van der Waals surface area contributed by atoms with Crippen LogP contribution in [0.3, 0.4) is 0 Å². The van der Waals surface area contributed by atoms with Crippen molar-refractivity contribution in [2.75, 3.05) is 0 Å². The number of para-hydroxylation sites is 1. The molecule has 4 nitrogen and oxygen atoms in total. The van der Waals surface area contributed by atoms with E-state index < -0.39 is 0 Å². The fourth-order valence-electron chi connectivity index (χ4n) is 2.45. The predicted octanol–water partition coefficient (Wildman–Crippen LogP) is 3.11. The summed E-state index contributed by atoms with van der Waals surface area (Å²) in [6, 6.07) is 9.60. The molecule has 0 aliphatic heterocycles. The molecule has 0 bridgehead atoms. The van der Waals surface area contributed by atoms with Crippen molar-refractivity contribution < 1.29 is 4.79 Å². The molecule has 2 aromatic heterocycles. The Morgan fingerprint density at radius 2 is 2.10 bits per heavy atom. The summed E-state index contributed by atoms with van der Waals surface area (Å²) >= 11 is 0. The fourth-order valence-corrected chi connectivity index (χ4v) is 2.45. The fraction of sp³-hybridized carbons (Fsp3) is 0.176. The topological polar surface area (TPSA) is 57.8 Å². The Kier molecular flexibility index (Phi) is 3.44. The van der Waals surface area contributed by atoms with Gasteiger partial charge in [-0.05, 0) is 37.1 Å². The third kappa shape index (κ3) is 2.52. The number of aromatic amines is 1. The number of pyridine rings is 1. The lowest BCUT2D eigenvalue weighted by atomic mass is 10.1. The molecular weight excluding hydrogens is 262 g/mol. The largest absolute Gasteiger partial charge is 0.358 e. The van der Waals surface area contributed by atoms with Crippen molar-refractivity contribution in [3.8, 4) is 0 Å². The second-order valence-corrected chi connectivity index (χ2v) is 5.15. The first kappa shape index (κ1) is 13.4. The van der Waals surface area contributed by atoms with E-state index in [9.17, 15) is 4.79 Å². The molecule has 0 spiro atoms. The molecule has 21 heavy (non-hydrogen) atoms. The molecular formula is C17H17N3O.